The number of hydrogen-bond donors (Lipinski definition) is 2. The quantitative estimate of drug-likeness (QED) is 0.879. The van der Waals surface area contributed by atoms with Crippen molar-refractivity contribution >= 4 is 5.91 Å². The lowest BCUT2D eigenvalue weighted by atomic mass is 10.0. The van der Waals surface area contributed by atoms with Crippen LogP contribution in [0.4, 0.5) is 0 Å². The van der Waals surface area contributed by atoms with Gasteiger partial charge in [0.05, 0.1) is 12.6 Å². The second-order valence-electron chi connectivity index (χ2n) is 6.88. The van der Waals surface area contributed by atoms with E-state index in [1.54, 1.807) is 0 Å². The second-order valence-corrected chi connectivity index (χ2v) is 6.88. The standard InChI is InChI=1S/C20H26N2O/c1-15(22-19(23)14-21-20(2,3)4)16-10-12-18(13-11-16)17-8-6-5-7-9-17/h5-13,15,21H,14H2,1-4H3,(H,22,23)/t15-/m0/s1. The molecule has 0 bridgehead atoms. The van der Waals surface area contributed by atoms with Crippen molar-refractivity contribution in [3.05, 3.63) is 60.2 Å². The van der Waals surface area contributed by atoms with Crippen LogP contribution < -0.4 is 10.6 Å². The van der Waals surface area contributed by atoms with E-state index >= 15 is 0 Å². The fraction of sp³-hybridized carbons (Fsp3) is 0.350. The molecule has 0 fully saturated rings. The molecule has 0 aromatic heterocycles. The van der Waals surface area contributed by atoms with Gasteiger partial charge in [-0.15, -0.1) is 0 Å². The van der Waals surface area contributed by atoms with Crippen molar-refractivity contribution in [3.8, 4) is 11.1 Å². The van der Waals surface area contributed by atoms with Crippen LogP contribution in [-0.4, -0.2) is 18.0 Å². The zero-order chi connectivity index (χ0) is 16.9. The summed E-state index contributed by atoms with van der Waals surface area (Å²) < 4.78 is 0. The Hall–Kier alpha value is -2.13. The van der Waals surface area contributed by atoms with Crippen molar-refractivity contribution in [1.82, 2.24) is 10.6 Å². The second kappa shape index (κ2) is 7.42. The molecular formula is C20H26N2O. The molecule has 0 aliphatic rings. The van der Waals surface area contributed by atoms with Crippen LogP contribution >= 0.6 is 0 Å². The Morgan fingerprint density at radius 2 is 1.52 bits per heavy atom. The number of amides is 1. The summed E-state index contributed by atoms with van der Waals surface area (Å²) in [5.74, 6) is 0.0135. The Bertz CT molecular complexity index is 627. The van der Waals surface area contributed by atoms with Gasteiger partial charge in [-0.1, -0.05) is 54.6 Å². The van der Waals surface area contributed by atoms with Gasteiger partial charge in [0.25, 0.3) is 0 Å². The van der Waals surface area contributed by atoms with Crippen molar-refractivity contribution < 1.29 is 4.79 Å². The Morgan fingerprint density at radius 1 is 0.957 bits per heavy atom. The van der Waals surface area contributed by atoms with Crippen LogP contribution in [0.1, 0.15) is 39.3 Å². The maximum absolute atomic E-state index is 12.0. The van der Waals surface area contributed by atoms with E-state index in [-0.39, 0.29) is 17.5 Å². The molecular weight excluding hydrogens is 284 g/mol. The summed E-state index contributed by atoms with van der Waals surface area (Å²) >= 11 is 0. The third-order valence-corrected chi connectivity index (χ3v) is 3.67. The first-order valence-corrected chi connectivity index (χ1v) is 8.05. The lowest BCUT2D eigenvalue weighted by molar-refractivity contribution is -0.121. The number of hydrogen-bond acceptors (Lipinski definition) is 2. The number of benzene rings is 2. The summed E-state index contributed by atoms with van der Waals surface area (Å²) in [6.45, 7) is 8.48. The van der Waals surface area contributed by atoms with Gasteiger partial charge >= 0.3 is 0 Å². The van der Waals surface area contributed by atoms with Crippen molar-refractivity contribution in [1.29, 1.82) is 0 Å². The molecule has 2 aromatic rings. The van der Waals surface area contributed by atoms with Crippen LogP contribution in [0.25, 0.3) is 11.1 Å². The summed E-state index contributed by atoms with van der Waals surface area (Å²) in [7, 11) is 0. The summed E-state index contributed by atoms with van der Waals surface area (Å²) in [6, 6.07) is 18.6. The molecule has 1 amide bonds. The van der Waals surface area contributed by atoms with E-state index in [0.717, 1.165) is 5.56 Å². The van der Waals surface area contributed by atoms with Crippen LogP contribution in [0, 0.1) is 0 Å². The summed E-state index contributed by atoms with van der Waals surface area (Å²) in [6.07, 6.45) is 0. The third-order valence-electron chi connectivity index (χ3n) is 3.67. The van der Waals surface area contributed by atoms with Crippen LogP contribution in [0.5, 0.6) is 0 Å². The zero-order valence-electron chi connectivity index (χ0n) is 14.4. The van der Waals surface area contributed by atoms with Gasteiger partial charge in [0.15, 0.2) is 0 Å². The average Bonchev–Trinajstić information content (AvgIpc) is 2.53. The average molecular weight is 310 g/mol. The fourth-order valence-electron chi connectivity index (χ4n) is 2.32. The van der Waals surface area contributed by atoms with Crippen molar-refractivity contribution in [2.45, 2.75) is 39.3 Å². The van der Waals surface area contributed by atoms with Crippen molar-refractivity contribution in [2.75, 3.05) is 6.54 Å². The molecule has 0 saturated heterocycles. The van der Waals surface area contributed by atoms with Gasteiger partial charge in [0.2, 0.25) is 5.91 Å². The SMILES string of the molecule is C[C@H](NC(=O)CNC(C)(C)C)c1ccc(-c2ccccc2)cc1. The van der Waals surface area contributed by atoms with Gasteiger partial charge in [-0.05, 0) is 44.4 Å². The third kappa shape index (κ3) is 5.53. The molecule has 0 radical (unpaired) electrons. The lowest BCUT2D eigenvalue weighted by Gasteiger charge is -2.21. The molecule has 1 atom stereocenters. The molecule has 0 aliphatic heterocycles. The van der Waals surface area contributed by atoms with Crippen LogP contribution in [0.3, 0.4) is 0 Å². The predicted octanol–water partition coefficient (Wildman–Crippen LogP) is 3.92. The van der Waals surface area contributed by atoms with E-state index in [9.17, 15) is 4.79 Å². The minimum absolute atomic E-state index is 0.00547. The van der Waals surface area contributed by atoms with Gasteiger partial charge in [-0.2, -0.15) is 0 Å². The highest BCUT2D eigenvalue weighted by Gasteiger charge is 2.13. The first-order chi connectivity index (χ1) is 10.8. The topological polar surface area (TPSA) is 41.1 Å². The van der Waals surface area contributed by atoms with Gasteiger partial charge < -0.3 is 10.6 Å². The Labute approximate surface area is 139 Å². The van der Waals surface area contributed by atoms with Crippen molar-refractivity contribution in [2.24, 2.45) is 0 Å². The molecule has 2 rings (SSSR count). The largest absolute Gasteiger partial charge is 0.348 e. The molecule has 3 heteroatoms. The molecule has 23 heavy (non-hydrogen) atoms. The molecule has 2 aromatic carbocycles. The van der Waals surface area contributed by atoms with E-state index in [4.69, 9.17) is 0 Å². The first kappa shape index (κ1) is 17.2. The number of carbonyl (C=O) groups is 1. The van der Waals surface area contributed by atoms with Gasteiger partial charge in [-0.25, -0.2) is 0 Å². The molecule has 0 heterocycles. The highest BCUT2D eigenvalue weighted by molar-refractivity contribution is 5.78. The highest BCUT2D eigenvalue weighted by atomic mass is 16.1. The molecule has 0 aliphatic carbocycles. The zero-order valence-corrected chi connectivity index (χ0v) is 14.4. The normalized spacial score (nSPS) is 12.7. The fourth-order valence-corrected chi connectivity index (χ4v) is 2.32. The first-order valence-electron chi connectivity index (χ1n) is 8.05. The molecule has 0 spiro atoms. The molecule has 0 unspecified atom stereocenters. The number of rotatable bonds is 5. The molecule has 2 N–H and O–H groups in total. The number of carbonyl (C=O) groups excluding carboxylic acids is 1. The predicted molar refractivity (Wildman–Crippen MR) is 96.2 cm³/mol. The minimum atomic E-state index is -0.0576. The van der Waals surface area contributed by atoms with Crippen LogP contribution in [0.2, 0.25) is 0 Å². The Morgan fingerprint density at radius 3 is 2.09 bits per heavy atom. The van der Waals surface area contributed by atoms with E-state index in [1.807, 2.05) is 45.9 Å². The van der Waals surface area contributed by atoms with Gasteiger partial charge in [0.1, 0.15) is 0 Å². The monoisotopic (exact) mass is 310 g/mol. The maximum Gasteiger partial charge on any atom is 0.234 e. The summed E-state index contributed by atoms with van der Waals surface area (Å²) in [5, 5.41) is 6.22. The van der Waals surface area contributed by atoms with E-state index in [2.05, 4.69) is 47.0 Å². The summed E-state index contributed by atoms with van der Waals surface area (Å²) in [5.41, 5.74) is 3.43. The van der Waals surface area contributed by atoms with Gasteiger partial charge in [-0.3, -0.25) is 4.79 Å². The molecule has 3 nitrogen and oxygen atoms in total. The maximum atomic E-state index is 12.0. The Balaban J connectivity index is 1.95. The number of nitrogens with one attached hydrogen (secondary N) is 2. The Kier molecular flexibility index (Phi) is 5.56. The molecule has 122 valence electrons. The van der Waals surface area contributed by atoms with Crippen molar-refractivity contribution in [3.63, 3.8) is 0 Å². The minimum Gasteiger partial charge on any atom is -0.348 e. The van der Waals surface area contributed by atoms with E-state index < -0.39 is 0 Å². The van der Waals surface area contributed by atoms with E-state index in [1.165, 1.54) is 11.1 Å². The van der Waals surface area contributed by atoms with Crippen LogP contribution in [-0.2, 0) is 4.79 Å². The molecule has 0 saturated carbocycles. The summed E-state index contributed by atoms with van der Waals surface area (Å²) in [4.78, 5) is 12.0. The van der Waals surface area contributed by atoms with Gasteiger partial charge in [0, 0.05) is 5.54 Å². The highest BCUT2D eigenvalue weighted by Crippen LogP contribution is 2.21. The van der Waals surface area contributed by atoms with Crippen LogP contribution in [0.15, 0.2) is 54.6 Å². The van der Waals surface area contributed by atoms with E-state index in [0.29, 0.717) is 6.54 Å². The lowest BCUT2D eigenvalue weighted by Crippen LogP contribution is -2.43. The smallest absolute Gasteiger partial charge is 0.234 e.